The van der Waals surface area contributed by atoms with Crippen LogP contribution in [-0.2, 0) is 0 Å². The van der Waals surface area contributed by atoms with E-state index in [9.17, 15) is 0 Å². The van der Waals surface area contributed by atoms with Gasteiger partial charge in [-0.25, -0.2) is 5.84 Å². The summed E-state index contributed by atoms with van der Waals surface area (Å²) in [6.07, 6.45) is 0. The lowest BCUT2D eigenvalue weighted by Crippen LogP contribution is -2.31. The fraction of sp³-hybridized carbons (Fsp3) is 0.444. The lowest BCUT2D eigenvalue weighted by atomic mass is 10.3. The highest BCUT2D eigenvalue weighted by Crippen LogP contribution is 2.06. The number of aliphatic imine (C=N–C) groups is 1. The van der Waals surface area contributed by atoms with E-state index in [2.05, 4.69) is 10.4 Å². The highest BCUT2D eigenvalue weighted by Gasteiger charge is 2.06. The van der Waals surface area contributed by atoms with Crippen LogP contribution < -0.4 is 11.3 Å². The predicted octanol–water partition coefficient (Wildman–Crippen LogP) is 1.21. The standard InChI is InChI=1S/C9H15N3O/c1-6(2)11-9(12-10)8-5-4-7(3)13-8/h4-6H,10H2,1-3H3,(H,11,12). The van der Waals surface area contributed by atoms with Gasteiger partial charge in [-0.1, -0.05) is 0 Å². The molecule has 0 fully saturated rings. The van der Waals surface area contributed by atoms with Gasteiger partial charge >= 0.3 is 0 Å². The first-order valence-electron chi connectivity index (χ1n) is 4.24. The Balaban J connectivity index is 2.90. The van der Waals surface area contributed by atoms with E-state index in [1.165, 1.54) is 0 Å². The zero-order valence-electron chi connectivity index (χ0n) is 8.16. The van der Waals surface area contributed by atoms with Crippen LogP contribution in [-0.4, -0.2) is 11.9 Å². The summed E-state index contributed by atoms with van der Waals surface area (Å²) in [5.74, 6) is 7.43. The second-order valence-corrected chi connectivity index (χ2v) is 3.13. The van der Waals surface area contributed by atoms with Crippen LogP contribution in [0.4, 0.5) is 0 Å². The van der Waals surface area contributed by atoms with Crippen LogP contribution in [0, 0.1) is 6.92 Å². The molecule has 0 unspecified atom stereocenters. The van der Waals surface area contributed by atoms with Crippen molar-refractivity contribution in [2.75, 3.05) is 0 Å². The number of amidine groups is 1. The Kier molecular flexibility index (Phi) is 3.08. The number of nitrogens with two attached hydrogens (primary N) is 1. The molecule has 0 radical (unpaired) electrons. The van der Waals surface area contributed by atoms with E-state index in [1.807, 2.05) is 32.9 Å². The first kappa shape index (κ1) is 9.80. The molecule has 1 aromatic heterocycles. The zero-order chi connectivity index (χ0) is 9.84. The number of furan rings is 1. The van der Waals surface area contributed by atoms with Gasteiger partial charge < -0.3 is 9.84 Å². The number of hydrogen-bond donors (Lipinski definition) is 2. The molecule has 0 aliphatic heterocycles. The first-order chi connectivity index (χ1) is 6.13. The van der Waals surface area contributed by atoms with Gasteiger partial charge in [-0.15, -0.1) is 0 Å². The summed E-state index contributed by atoms with van der Waals surface area (Å²) >= 11 is 0. The fourth-order valence-electron chi connectivity index (χ4n) is 0.992. The molecule has 13 heavy (non-hydrogen) atoms. The van der Waals surface area contributed by atoms with E-state index >= 15 is 0 Å². The molecule has 0 aliphatic carbocycles. The Morgan fingerprint density at radius 1 is 1.54 bits per heavy atom. The Labute approximate surface area is 77.8 Å². The van der Waals surface area contributed by atoms with Gasteiger partial charge in [0.25, 0.3) is 0 Å². The lowest BCUT2D eigenvalue weighted by molar-refractivity contribution is 0.521. The van der Waals surface area contributed by atoms with Crippen molar-refractivity contribution in [2.45, 2.75) is 26.8 Å². The molecule has 1 rings (SSSR count). The number of hydrogen-bond acceptors (Lipinski definition) is 3. The van der Waals surface area contributed by atoms with Gasteiger partial charge in [0.1, 0.15) is 5.76 Å². The van der Waals surface area contributed by atoms with E-state index < -0.39 is 0 Å². The Bertz CT molecular complexity index is 302. The van der Waals surface area contributed by atoms with Crippen molar-refractivity contribution in [1.82, 2.24) is 5.43 Å². The van der Waals surface area contributed by atoms with Gasteiger partial charge in [-0.05, 0) is 32.9 Å². The third-order valence-corrected chi connectivity index (χ3v) is 1.50. The monoisotopic (exact) mass is 181 g/mol. The summed E-state index contributed by atoms with van der Waals surface area (Å²) in [7, 11) is 0. The van der Waals surface area contributed by atoms with Crippen LogP contribution in [0.5, 0.6) is 0 Å². The average Bonchev–Trinajstić information content (AvgIpc) is 2.47. The van der Waals surface area contributed by atoms with E-state index in [0.29, 0.717) is 11.6 Å². The molecular weight excluding hydrogens is 166 g/mol. The van der Waals surface area contributed by atoms with Crippen LogP contribution in [0.3, 0.4) is 0 Å². The highest BCUT2D eigenvalue weighted by molar-refractivity contribution is 5.95. The molecule has 0 amide bonds. The van der Waals surface area contributed by atoms with Crippen molar-refractivity contribution in [3.63, 3.8) is 0 Å². The SMILES string of the molecule is Cc1ccc(C(=NC(C)C)NN)o1. The highest BCUT2D eigenvalue weighted by atomic mass is 16.3. The van der Waals surface area contributed by atoms with Gasteiger partial charge in [-0.3, -0.25) is 4.99 Å². The number of rotatable bonds is 2. The van der Waals surface area contributed by atoms with Crippen LogP contribution >= 0.6 is 0 Å². The van der Waals surface area contributed by atoms with Crippen LogP contribution in [0.2, 0.25) is 0 Å². The molecule has 0 aliphatic rings. The van der Waals surface area contributed by atoms with E-state index in [4.69, 9.17) is 10.3 Å². The predicted molar refractivity (Wildman–Crippen MR) is 52.4 cm³/mol. The molecule has 0 aromatic carbocycles. The topological polar surface area (TPSA) is 63.5 Å². The normalized spacial score (nSPS) is 12.2. The number of aryl methyl sites for hydroxylation is 1. The average molecular weight is 181 g/mol. The number of nitrogens with zero attached hydrogens (tertiary/aromatic N) is 1. The summed E-state index contributed by atoms with van der Waals surface area (Å²) in [4.78, 5) is 4.27. The van der Waals surface area contributed by atoms with Crippen molar-refractivity contribution in [2.24, 2.45) is 10.8 Å². The molecule has 72 valence electrons. The van der Waals surface area contributed by atoms with Crippen molar-refractivity contribution in [3.8, 4) is 0 Å². The third-order valence-electron chi connectivity index (χ3n) is 1.50. The minimum absolute atomic E-state index is 0.191. The van der Waals surface area contributed by atoms with Gasteiger partial charge in [0, 0.05) is 6.04 Å². The summed E-state index contributed by atoms with van der Waals surface area (Å²) in [6.45, 7) is 5.84. The van der Waals surface area contributed by atoms with Crippen LogP contribution in [0.15, 0.2) is 21.5 Å². The minimum atomic E-state index is 0.191. The van der Waals surface area contributed by atoms with Crippen LogP contribution in [0.1, 0.15) is 25.4 Å². The summed E-state index contributed by atoms with van der Waals surface area (Å²) in [6, 6.07) is 3.91. The van der Waals surface area contributed by atoms with Crippen LogP contribution in [0.25, 0.3) is 0 Å². The summed E-state index contributed by atoms with van der Waals surface area (Å²) < 4.78 is 5.36. The second kappa shape index (κ2) is 4.09. The number of hydrazine groups is 1. The Morgan fingerprint density at radius 3 is 2.62 bits per heavy atom. The molecular formula is C9H15N3O. The smallest absolute Gasteiger partial charge is 0.179 e. The van der Waals surface area contributed by atoms with E-state index in [1.54, 1.807) is 0 Å². The Hall–Kier alpha value is -1.29. The molecule has 0 spiro atoms. The molecule has 3 N–H and O–H groups in total. The Morgan fingerprint density at radius 2 is 2.23 bits per heavy atom. The summed E-state index contributed by atoms with van der Waals surface area (Å²) in [5, 5.41) is 0. The molecule has 1 aromatic rings. The largest absolute Gasteiger partial charge is 0.458 e. The van der Waals surface area contributed by atoms with E-state index in [0.717, 1.165) is 5.76 Å². The van der Waals surface area contributed by atoms with Crippen molar-refractivity contribution in [3.05, 3.63) is 23.7 Å². The molecule has 0 atom stereocenters. The maximum atomic E-state index is 5.36. The molecule has 4 nitrogen and oxygen atoms in total. The zero-order valence-corrected chi connectivity index (χ0v) is 8.16. The molecule has 0 saturated heterocycles. The third kappa shape index (κ3) is 2.59. The summed E-state index contributed by atoms with van der Waals surface area (Å²) in [5.41, 5.74) is 2.52. The van der Waals surface area contributed by atoms with Crippen molar-refractivity contribution >= 4 is 5.84 Å². The quantitative estimate of drug-likeness (QED) is 0.312. The molecule has 4 heteroatoms. The lowest BCUT2D eigenvalue weighted by Gasteiger charge is -2.03. The minimum Gasteiger partial charge on any atom is -0.458 e. The maximum Gasteiger partial charge on any atom is 0.179 e. The van der Waals surface area contributed by atoms with Gasteiger partial charge in [0.15, 0.2) is 11.6 Å². The molecule has 0 bridgehead atoms. The molecule has 0 saturated carbocycles. The second-order valence-electron chi connectivity index (χ2n) is 3.13. The number of nitrogens with one attached hydrogen (secondary N) is 1. The maximum absolute atomic E-state index is 5.36. The van der Waals surface area contributed by atoms with E-state index in [-0.39, 0.29) is 6.04 Å². The fourth-order valence-corrected chi connectivity index (χ4v) is 0.992. The van der Waals surface area contributed by atoms with Gasteiger partial charge in [-0.2, -0.15) is 0 Å². The van der Waals surface area contributed by atoms with Crippen molar-refractivity contribution in [1.29, 1.82) is 0 Å². The van der Waals surface area contributed by atoms with Gasteiger partial charge in [0.2, 0.25) is 0 Å². The first-order valence-corrected chi connectivity index (χ1v) is 4.24. The van der Waals surface area contributed by atoms with Crippen molar-refractivity contribution < 1.29 is 4.42 Å². The molecule has 1 heterocycles. The van der Waals surface area contributed by atoms with Gasteiger partial charge in [0.05, 0.1) is 0 Å².